The van der Waals surface area contributed by atoms with Crippen molar-refractivity contribution >= 4 is 42.3 Å². The number of aromatic nitrogens is 2. The number of anilines is 1. The molecule has 0 amide bonds. The highest BCUT2D eigenvalue weighted by molar-refractivity contribution is 6.45. The summed E-state index contributed by atoms with van der Waals surface area (Å²) in [5.74, 6) is 0.475. The van der Waals surface area contributed by atoms with Crippen LogP contribution in [0.15, 0.2) is 0 Å². The molecule has 1 saturated heterocycles. The number of hydrogen-bond acceptors (Lipinski definition) is 7. The van der Waals surface area contributed by atoms with Crippen LogP contribution >= 0.6 is 23.2 Å². The van der Waals surface area contributed by atoms with Gasteiger partial charge in [0.25, 0.3) is 0 Å². The van der Waals surface area contributed by atoms with Gasteiger partial charge in [0.05, 0.1) is 5.56 Å². The number of hydrogen-bond donors (Lipinski definition) is 3. The molecule has 0 bridgehead atoms. The molecule has 0 aliphatic carbocycles. The minimum atomic E-state index is -0.388. The van der Waals surface area contributed by atoms with Crippen LogP contribution < -0.4 is 5.32 Å². The van der Waals surface area contributed by atoms with Crippen LogP contribution in [-0.2, 0) is 0 Å². The molecule has 10 heteroatoms. The Labute approximate surface area is 140 Å². The van der Waals surface area contributed by atoms with E-state index in [-0.39, 0.29) is 17.5 Å². The zero-order valence-electron chi connectivity index (χ0n) is 12.4. The van der Waals surface area contributed by atoms with Gasteiger partial charge in [-0.2, -0.15) is 0 Å². The Morgan fingerprint density at radius 1 is 1.32 bits per heavy atom. The van der Waals surface area contributed by atoms with Crippen LogP contribution in [0.1, 0.15) is 5.56 Å². The molecule has 2 heterocycles. The monoisotopic (exact) mass is 344 g/mol. The van der Waals surface area contributed by atoms with E-state index in [1.807, 2.05) is 4.81 Å². The van der Waals surface area contributed by atoms with Crippen molar-refractivity contribution in [1.82, 2.24) is 19.7 Å². The molecule has 1 aromatic rings. The molecule has 1 aliphatic heterocycles. The maximum absolute atomic E-state index is 9.53. The van der Waals surface area contributed by atoms with E-state index in [4.69, 9.17) is 28.6 Å². The topological polar surface area (TPSA) is 88.4 Å². The zero-order valence-corrected chi connectivity index (χ0v) is 13.9. The Balaban J connectivity index is 1.84. The molecule has 1 aromatic heterocycles. The van der Waals surface area contributed by atoms with Crippen molar-refractivity contribution in [2.24, 2.45) is 0 Å². The second kappa shape index (κ2) is 8.08. The first kappa shape index (κ1) is 17.4. The smallest absolute Gasteiger partial charge is 0.376 e. The van der Waals surface area contributed by atoms with Crippen molar-refractivity contribution in [2.45, 2.75) is 6.82 Å². The minimum Gasteiger partial charge on any atom is -0.437 e. The predicted octanol–water partition coefficient (Wildman–Crippen LogP) is 0.921. The molecule has 22 heavy (non-hydrogen) atoms. The van der Waals surface area contributed by atoms with Gasteiger partial charge in [-0.05, 0) is 18.4 Å². The Morgan fingerprint density at radius 3 is 2.59 bits per heavy atom. The van der Waals surface area contributed by atoms with Crippen molar-refractivity contribution in [3.63, 3.8) is 0 Å². The number of nitrogens with one attached hydrogen (secondary N) is 2. The van der Waals surface area contributed by atoms with E-state index in [9.17, 15) is 5.02 Å². The molecule has 7 nitrogen and oxygen atoms in total. The molecule has 0 spiro atoms. The van der Waals surface area contributed by atoms with Gasteiger partial charge in [-0.25, -0.2) is 9.97 Å². The normalized spacial score (nSPS) is 16.5. The molecule has 3 N–H and O–H groups in total. The average Bonchev–Trinajstić information content (AvgIpc) is 2.47. The summed E-state index contributed by atoms with van der Waals surface area (Å²) in [6.07, 6.45) is 1.11. The lowest BCUT2D eigenvalue weighted by Crippen LogP contribution is -2.52. The highest BCUT2D eigenvalue weighted by atomic mass is 35.5. The van der Waals surface area contributed by atoms with Gasteiger partial charge in [0.15, 0.2) is 0 Å². The van der Waals surface area contributed by atoms with Gasteiger partial charge in [0.1, 0.15) is 11.0 Å². The summed E-state index contributed by atoms with van der Waals surface area (Å²) in [5.41, 5.74) is 0.435. The Morgan fingerprint density at radius 2 is 2.00 bits per heavy atom. The van der Waals surface area contributed by atoms with Gasteiger partial charge in [0.2, 0.25) is 5.28 Å². The molecule has 0 unspecified atom stereocenters. The Hall–Kier alpha value is -0.925. The van der Waals surface area contributed by atoms with E-state index >= 15 is 0 Å². The van der Waals surface area contributed by atoms with Gasteiger partial charge in [0, 0.05) is 45.5 Å². The summed E-state index contributed by atoms with van der Waals surface area (Å²) in [7, 11) is -0.388. The van der Waals surface area contributed by atoms with E-state index in [1.165, 1.54) is 0 Å². The summed E-state index contributed by atoms with van der Waals surface area (Å²) < 4.78 is 0. The number of halogens is 2. The fourth-order valence-corrected chi connectivity index (χ4v) is 2.81. The third kappa shape index (κ3) is 4.53. The van der Waals surface area contributed by atoms with Crippen molar-refractivity contribution in [3.05, 3.63) is 16.0 Å². The molecule has 0 aromatic carbocycles. The highest BCUT2D eigenvalue weighted by Gasteiger charge is 2.22. The van der Waals surface area contributed by atoms with Gasteiger partial charge >= 0.3 is 7.05 Å². The molecule has 2 rings (SSSR count). The second-order valence-corrected chi connectivity index (χ2v) is 5.82. The van der Waals surface area contributed by atoms with Crippen LogP contribution in [0, 0.1) is 5.41 Å². The van der Waals surface area contributed by atoms with Crippen molar-refractivity contribution in [3.8, 4) is 0 Å². The van der Waals surface area contributed by atoms with E-state index in [0.29, 0.717) is 17.9 Å². The zero-order chi connectivity index (χ0) is 16.1. The molecule has 120 valence electrons. The van der Waals surface area contributed by atoms with E-state index in [2.05, 4.69) is 20.2 Å². The molecule has 1 fully saturated rings. The Kier molecular flexibility index (Phi) is 6.40. The number of piperazine rings is 1. The molecular weight excluding hydrogens is 326 g/mol. The fraction of sp³-hybridized carbons (Fsp3) is 0.583. The van der Waals surface area contributed by atoms with Crippen molar-refractivity contribution in [1.29, 1.82) is 5.41 Å². The molecule has 0 atom stereocenters. The van der Waals surface area contributed by atoms with Gasteiger partial charge in [-0.15, -0.1) is 0 Å². The largest absolute Gasteiger partial charge is 0.437 e. The minimum absolute atomic E-state index is 0.0589. The summed E-state index contributed by atoms with van der Waals surface area (Å²) in [6.45, 7) is 6.83. The molecule has 1 aliphatic rings. The van der Waals surface area contributed by atoms with Crippen molar-refractivity contribution in [2.75, 3.05) is 44.6 Å². The lowest BCUT2D eigenvalue weighted by molar-refractivity contribution is 0.181. The SMILES string of the molecule is CB(O)N1CCN(CCNc2nc(Cl)nc(Cl)c2C=N)CC1. The van der Waals surface area contributed by atoms with Crippen LogP contribution in [0.25, 0.3) is 0 Å². The Bertz CT molecular complexity index is 525. The first-order valence-electron chi connectivity index (χ1n) is 7.13. The molecular formula is C12H19BCl2N6O. The van der Waals surface area contributed by atoms with Crippen LogP contribution in [0.2, 0.25) is 17.3 Å². The summed E-state index contributed by atoms with van der Waals surface area (Å²) in [4.78, 5) is 12.2. The molecule has 0 radical (unpaired) electrons. The summed E-state index contributed by atoms with van der Waals surface area (Å²) in [6, 6.07) is 0. The summed E-state index contributed by atoms with van der Waals surface area (Å²) in [5, 5.41) is 20.3. The average molecular weight is 345 g/mol. The standard InChI is InChI=1S/C12H19BCl2N6O/c1-13(22)21-6-4-20(5-7-21)3-2-17-11-9(8-16)10(14)18-12(15)19-11/h8,16,22H,2-7H2,1H3,(H,17,18,19). The maximum Gasteiger partial charge on any atom is 0.376 e. The number of rotatable bonds is 6. The lowest BCUT2D eigenvalue weighted by Gasteiger charge is -2.35. The van der Waals surface area contributed by atoms with Crippen LogP contribution in [0.5, 0.6) is 0 Å². The summed E-state index contributed by atoms with van der Waals surface area (Å²) >= 11 is 11.7. The number of nitrogens with zero attached hydrogens (tertiary/aromatic N) is 4. The fourth-order valence-electron chi connectivity index (χ4n) is 2.37. The highest BCUT2D eigenvalue weighted by Crippen LogP contribution is 2.20. The first-order valence-corrected chi connectivity index (χ1v) is 7.88. The van der Waals surface area contributed by atoms with Crippen LogP contribution in [0.4, 0.5) is 5.82 Å². The third-order valence-electron chi connectivity index (χ3n) is 3.67. The first-order chi connectivity index (χ1) is 10.5. The third-order valence-corrected chi connectivity index (χ3v) is 4.13. The molecule has 0 saturated carbocycles. The van der Waals surface area contributed by atoms with Gasteiger partial charge in [-0.3, -0.25) is 4.90 Å². The van der Waals surface area contributed by atoms with Crippen LogP contribution in [-0.4, -0.2) is 77.2 Å². The lowest BCUT2D eigenvalue weighted by atomic mass is 9.84. The quantitative estimate of drug-likeness (QED) is 0.308. The maximum atomic E-state index is 9.53. The van der Waals surface area contributed by atoms with Crippen molar-refractivity contribution < 1.29 is 5.02 Å². The second-order valence-electron chi connectivity index (χ2n) is 5.13. The van der Waals surface area contributed by atoms with E-state index in [0.717, 1.165) is 38.9 Å². The van der Waals surface area contributed by atoms with Gasteiger partial charge < -0.3 is 20.6 Å². The van der Waals surface area contributed by atoms with E-state index in [1.54, 1.807) is 6.82 Å². The predicted molar refractivity (Wildman–Crippen MR) is 90.3 cm³/mol. The van der Waals surface area contributed by atoms with Crippen LogP contribution in [0.3, 0.4) is 0 Å². The van der Waals surface area contributed by atoms with E-state index < -0.39 is 0 Å². The van der Waals surface area contributed by atoms with Gasteiger partial charge in [-0.1, -0.05) is 11.6 Å².